The van der Waals surface area contributed by atoms with Crippen LogP contribution in [0, 0.1) is 18.8 Å². The van der Waals surface area contributed by atoms with Crippen molar-refractivity contribution in [2.75, 3.05) is 13.1 Å². The molecule has 0 aliphatic carbocycles. The van der Waals surface area contributed by atoms with Crippen molar-refractivity contribution in [1.82, 2.24) is 4.90 Å². The molecule has 0 spiro atoms. The zero-order valence-corrected chi connectivity index (χ0v) is 16.3. The third-order valence-corrected chi connectivity index (χ3v) is 5.46. The molecule has 144 valence electrons. The summed E-state index contributed by atoms with van der Waals surface area (Å²) >= 11 is 0. The Morgan fingerprint density at radius 3 is 1.48 bits per heavy atom. The zero-order chi connectivity index (χ0) is 20.5. The molecule has 0 aromatic heterocycles. The molecule has 0 atom stereocenters. The number of hydrogen-bond donors (Lipinski definition) is 0. The summed E-state index contributed by atoms with van der Waals surface area (Å²) in [5, 5.41) is 2.81. The van der Waals surface area contributed by atoms with E-state index < -0.39 is 0 Å². The van der Waals surface area contributed by atoms with Crippen molar-refractivity contribution < 1.29 is 9.59 Å². The van der Waals surface area contributed by atoms with E-state index in [1.165, 1.54) is 0 Å². The van der Waals surface area contributed by atoms with E-state index in [-0.39, 0.29) is 24.9 Å². The van der Waals surface area contributed by atoms with Gasteiger partial charge in [0.05, 0.1) is 24.2 Å². The van der Waals surface area contributed by atoms with Gasteiger partial charge >= 0.3 is 0 Å². The van der Waals surface area contributed by atoms with E-state index in [9.17, 15) is 14.5 Å². The number of nitroso groups, excluding NO2 is 1. The zero-order valence-electron chi connectivity index (χ0n) is 16.3. The first kappa shape index (κ1) is 18.7. The van der Waals surface area contributed by atoms with Crippen LogP contribution in [-0.4, -0.2) is 29.8 Å². The molecule has 3 aromatic carbocycles. The maximum Gasteiger partial charge on any atom is 0.261 e. The molecule has 2 amide bonds. The topological polar surface area (TPSA) is 66.8 Å². The Labute approximate surface area is 169 Å². The first-order valence-corrected chi connectivity index (χ1v) is 9.49. The molecule has 5 heteroatoms. The van der Waals surface area contributed by atoms with Crippen LogP contribution in [0.2, 0.25) is 0 Å². The fraction of sp³-hybridized carbons (Fsp3) is 0.167. The Morgan fingerprint density at radius 1 is 0.690 bits per heavy atom. The van der Waals surface area contributed by atoms with Gasteiger partial charge in [-0.15, -0.1) is 0 Å². The van der Waals surface area contributed by atoms with Crippen LogP contribution in [0.1, 0.15) is 31.8 Å². The van der Waals surface area contributed by atoms with Gasteiger partial charge in [-0.25, -0.2) is 0 Å². The monoisotopic (exact) mass is 384 g/mol. The average molecular weight is 384 g/mol. The fourth-order valence-corrected chi connectivity index (χ4v) is 4.17. The van der Waals surface area contributed by atoms with Gasteiger partial charge in [0.1, 0.15) is 0 Å². The molecule has 0 radical (unpaired) electrons. The summed E-state index contributed by atoms with van der Waals surface area (Å²) in [5.74, 6) is -0.711. The second kappa shape index (κ2) is 7.43. The molecule has 0 N–H and O–H groups in total. The molecule has 3 aromatic rings. The normalized spacial score (nSPS) is 13.0. The lowest BCUT2D eigenvalue weighted by Gasteiger charge is -2.19. The first-order valence-electron chi connectivity index (χ1n) is 9.49. The number of nitrogens with zero attached hydrogens (tertiary/aromatic N) is 2. The van der Waals surface area contributed by atoms with Crippen molar-refractivity contribution in [1.29, 1.82) is 0 Å². The third kappa shape index (κ3) is 2.95. The number of amides is 2. The molecule has 1 aliphatic heterocycles. The van der Waals surface area contributed by atoms with E-state index in [1.54, 1.807) is 0 Å². The predicted molar refractivity (Wildman–Crippen MR) is 113 cm³/mol. The van der Waals surface area contributed by atoms with Crippen LogP contribution in [0.5, 0.6) is 0 Å². The number of rotatable bonds is 5. The molecule has 29 heavy (non-hydrogen) atoms. The SMILES string of the molecule is Cc1c2c(c(C)c(-c3ccccc3)c1-c1ccccc1)C(=O)N(CCN=O)C2=O. The van der Waals surface area contributed by atoms with Gasteiger partial charge < -0.3 is 0 Å². The van der Waals surface area contributed by atoms with Crippen LogP contribution in [-0.2, 0) is 0 Å². The van der Waals surface area contributed by atoms with Gasteiger partial charge in [-0.1, -0.05) is 65.8 Å². The van der Waals surface area contributed by atoms with Crippen molar-refractivity contribution in [3.05, 3.63) is 87.8 Å². The highest BCUT2D eigenvalue weighted by Gasteiger charge is 2.40. The maximum atomic E-state index is 13.1. The van der Waals surface area contributed by atoms with E-state index in [2.05, 4.69) is 5.18 Å². The van der Waals surface area contributed by atoms with E-state index >= 15 is 0 Å². The van der Waals surface area contributed by atoms with E-state index in [1.807, 2.05) is 74.5 Å². The van der Waals surface area contributed by atoms with Gasteiger partial charge in [0.25, 0.3) is 11.8 Å². The molecule has 0 saturated carbocycles. The summed E-state index contributed by atoms with van der Waals surface area (Å²) in [6.07, 6.45) is 0. The minimum Gasteiger partial charge on any atom is -0.272 e. The Kier molecular flexibility index (Phi) is 4.80. The lowest BCUT2D eigenvalue weighted by atomic mass is 9.82. The van der Waals surface area contributed by atoms with Gasteiger partial charge in [0.2, 0.25) is 0 Å². The van der Waals surface area contributed by atoms with Crippen LogP contribution in [0.3, 0.4) is 0 Å². The van der Waals surface area contributed by atoms with E-state index in [0.717, 1.165) is 38.3 Å². The number of imide groups is 1. The Bertz CT molecular complexity index is 1040. The fourth-order valence-electron chi connectivity index (χ4n) is 4.17. The summed E-state index contributed by atoms with van der Waals surface area (Å²) in [6.45, 7) is 3.66. The van der Waals surface area contributed by atoms with Crippen LogP contribution in [0.15, 0.2) is 65.8 Å². The van der Waals surface area contributed by atoms with Crippen LogP contribution in [0.25, 0.3) is 22.3 Å². The Balaban J connectivity index is 2.05. The van der Waals surface area contributed by atoms with E-state index in [0.29, 0.717) is 11.1 Å². The largest absolute Gasteiger partial charge is 0.272 e. The highest BCUT2D eigenvalue weighted by molar-refractivity contribution is 6.24. The predicted octanol–water partition coefficient (Wildman–Crippen LogP) is 5.00. The minimum absolute atomic E-state index is 0.00390. The minimum atomic E-state index is -0.356. The van der Waals surface area contributed by atoms with Gasteiger partial charge in [-0.05, 0) is 47.2 Å². The molecule has 1 heterocycles. The standard InChI is InChI=1S/C24H20N2O3/c1-15-19(17-9-5-3-6-10-17)20(18-11-7-4-8-12-18)16(2)22-21(15)23(27)26(24(22)28)14-13-25-29/h3-12H,13-14H2,1-2H3. The molecular weight excluding hydrogens is 364 g/mol. The highest BCUT2D eigenvalue weighted by Crippen LogP contribution is 2.43. The lowest BCUT2D eigenvalue weighted by molar-refractivity contribution is 0.0658. The van der Waals surface area contributed by atoms with E-state index in [4.69, 9.17) is 0 Å². The number of benzene rings is 3. The first-order chi connectivity index (χ1) is 14.1. The summed E-state index contributed by atoms with van der Waals surface area (Å²) in [5.41, 5.74) is 6.28. The Hall–Kier alpha value is -3.60. The molecule has 5 nitrogen and oxygen atoms in total. The molecular formula is C24H20N2O3. The number of hydrogen-bond acceptors (Lipinski definition) is 4. The lowest BCUT2D eigenvalue weighted by Crippen LogP contribution is -2.32. The molecule has 0 unspecified atom stereocenters. The number of carbonyl (C=O) groups excluding carboxylic acids is 2. The molecule has 1 aliphatic rings. The average Bonchev–Trinajstić information content (AvgIpc) is 3.00. The van der Waals surface area contributed by atoms with Crippen molar-refractivity contribution in [3.8, 4) is 22.3 Å². The molecule has 0 saturated heterocycles. The van der Waals surface area contributed by atoms with Gasteiger partial charge in [0.15, 0.2) is 0 Å². The second-order valence-electron chi connectivity index (χ2n) is 7.10. The summed E-state index contributed by atoms with van der Waals surface area (Å²) in [4.78, 5) is 37.9. The number of carbonyl (C=O) groups is 2. The summed E-state index contributed by atoms with van der Waals surface area (Å²) in [7, 11) is 0. The van der Waals surface area contributed by atoms with Crippen molar-refractivity contribution in [2.45, 2.75) is 13.8 Å². The van der Waals surface area contributed by atoms with Gasteiger partial charge in [-0.3, -0.25) is 14.5 Å². The maximum absolute atomic E-state index is 13.1. The Morgan fingerprint density at radius 2 is 1.10 bits per heavy atom. The highest BCUT2D eigenvalue weighted by atomic mass is 16.3. The smallest absolute Gasteiger partial charge is 0.261 e. The van der Waals surface area contributed by atoms with Crippen LogP contribution < -0.4 is 0 Å². The van der Waals surface area contributed by atoms with Gasteiger partial charge in [0, 0.05) is 0 Å². The van der Waals surface area contributed by atoms with Crippen LogP contribution >= 0.6 is 0 Å². The molecule has 0 fully saturated rings. The second-order valence-corrected chi connectivity index (χ2v) is 7.10. The van der Waals surface area contributed by atoms with Crippen LogP contribution in [0.4, 0.5) is 0 Å². The molecule has 0 bridgehead atoms. The van der Waals surface area contributed by atoms with Crippen molar-refractivity contribution in [3.63, 3.8) is 0 Å². The van der Waals surface area contributed by atoms with Gasteiger partial charge in [-0.2, -0.15) is 4.91 Å². The third-order valence-electron chi connectivity index (χ3n) is 5.46. The quantitative estimate of drug-likeness (QED) is 0.459. The van der Waals surface area contributed by atoms with Crippen molar-refractivity contribution >= 4 is 11.8 Å². The molecule has 4 rings (SSSR count). The van der Waals surface area contributed by atoms with Crippen molar-refractivity contribution in [2.24, 2.45) is 5.18 Å². The summed E-state index contributed by atoms with van der Waals surface area (Å²) < 4.78 is 0. The number of fused-ring (bicyclic) bond motifs is 1. The summed E-state index contributed by atoms with van der Waals surface area (Å²) in [6, 6.07) is 19.8.